The number of carboxylic acid groups (broad SMARTS) is 1. The summed E-state index contributed by atoms with van der Waals surface area (Å²) in [6.07, 6.45) is 0. The second-order valence-corrected chi connectivity index (χ2v) is 4.05. The highest BCUT2D eigenvalue weighted by Gasteiger charge is 2.11. The van der Waals surface area contributed by atoms with Gasteiger partial charge in [-0.1, -0.05) is 25.4 Å². The van der Waals surface area contributed by atoms with Crippen LogP contribution in [0.3, 0.4) is 0 Å². The zero-order valence-electron chi connectivity index (χ0n) is 8.95. The van der Waals surface area contributed by atoms with Crippen molar-refractivity contribution in [2.45, 2.75) is 13.8 Å². The molecular weight excluding hydrogens is 230 g/mol. The lowest BCUT2D eigenvalue weighted by Gasteiger charge is -2.09. The lowest BCUT2D eigenvalue weighted by atomic mass is 10.1. The fourth-order valence-electron chi connectivity index (χ4n) is 1.03. The quantitative estimate of drug-likeness (QED) is 0.855. The number of rotatable bonds is 3. The number of aromatic carboxylic acids is 1. The van der Waals surface area contributed by atoms with Gasteiger partial charge in [0, 0.05) is 5.92 Å². The van der Waals surface area contributed by atoms with E-state index in [1.165, 1.54) is 18.2 Å². The first-order chi connectivity index (χ1) is 7.41. The summed E-state index contributed by atoms with van der Waals surface area (Å²) >= 11 is 5.84. The molecular formula is C11H12ClNO3. The molecule has 5 heteroatoms. The highest BCUT2D eigenvalue weighted by molar-refractivity contribution is 6.33. The van der Waals surface area contributed by atoms with E-state index in [0.717, 1.165) is 0 Å². The highest BCUT2D eigenvalue weighted by Crippen LogP contribution is 2.23. The molecule has 1 amide bonds. The van der Waals surface area contributed by atoms with Crippen LogP contribution in [0, 0.1) is 5.92 Å². The summed E-state index contributed by atoms with van der Waals surface area (Å²) in [4.78, 5) is 22.2. The second-order valence-electron chi connectivity index (χ2n) is 3.64. The first-order valence-electron chi connectivity index (χ1n) is 4.75. The van der Waals surface area contributed by atoms with Crippen LogP contribution in [0.2, 0.25) is 5.02 Å². The summed E-state index contributed by atoms with van der Waals surface area (Å²) in [5, 5.41) is 11.7. The molecule has 1 aromatic rings. The Kier molecular flexibility index (Phi) is 3.90. The van der Waals surface area contributed by atoms with Gasteiger partial charge >= 0.3 is 5.97 Å². The Bertz CT molecular complexity index is 429. The maximum absolute atomic E-state index is 11.4. The summed E-state index contributed by atoms with van der Waals surface area (Å²) in [6, 6.07) is 4.17. The van der Waals surface area contributed by atoms with Gasteiger partial charge in [-0.2, -0.15) is 0 Å². The Hall–Kier alpha value is -1.55. The van der Waals surface area contributed by atoms with Gasteiger partial charge in [0.2, 0.25) is 5.91 Å². The van der Waals surface area contributed by atoms with Crippen LogP contribution < -0.4 is 5.32 Å². The SMILES string of the molecule is CC(C)C(=O)Nc1cc(C(=O)O)ccc1Cl. The molecule has 0 aliphatic rings. The van der Waals surface area contributed by atoms with Crippen molar-refractivity contribution in [3.63, 3.8) is 0 Å². The molecule has 0 radical (unpaired) electrons. The number of carboxylic acids is 1. The third-order valence-corrected chi connectivity index (χ3v) is 2.33. The Labute approximate surface area is 98.2 Å². The standard InChI is InChI=1S/C11H12ClNO3/c1-6(2)10(14)13-9-5-7(11(15)16)3-4-8(9)12/h3-6H,1-2H3,(H,13,14)(H,15,16). The van der Waals surface area contributed by atoms with E-state index in [9.17, 15) is 9.59 Å². The van der Waals surface area contributed by atoms with Crippen LogP contribution >= 0.6 is 11.6 Å². The molecule has 1 rings (SSSR count). The van der Waals surface area contributed by atoms with Crippen molar-refractivity contribution in [2.24, 2.45) is 5.92 Å². The second kappa shape index (κ2) is 4.99. The number of halogens is 1. The Morgan fingerprint density at radius 1 is 1.38 bits per heavy atom. The summed E-state index contributed by atoms with van der Waals surface area (Å²) in [5.74, 6) is -1.45. The van der Waals surface area contributed by atoms with E-state index in [1.54, 1.807) is 13.8 Å². The minimum Gasteiger partial charge on any atom is -0.478 e. The third-order valence-electron chi connectivity index (χ3n) is 2.00. The van der Waals surface area contributed by atoms with Crippen LogP contribution in [0.4, 0.5) is 5.69 Å². The van der Waals surface area contributed by atoms with Crippen LogP contribution in [0.25, 0.3) is 0 Å². The largest absolute Gasteiger partial charge is 0.478 e. The van der Waals surface area contributed by atoms with E-state index in [0.29, 0.717) is 10.7 Å². The summed E-state index contributed by atoms with van der Waals surface area (Å²) in [7, 11) is 0. The Morgan fingerprint density at radius 2 is 2.00 bits per heavy atom. The number of hydrogen-bond donors (Lipinski definition) is 2. The van der Waals surface area contributed by atoms with Gasteiger partial charge in [0.1, 0.15) is 0 Å². The van der Waals surface area contributed by atoms with Crippen molar-refractivity contribution in [1.82, 2.24) is 0 Å². The Morgan fingerprint density at radius 3 is 2.50 bits per heavy atom. The molecule has 0 saturated heterocycles. The molecule has 0 heterocycles. The number of amides is 1. The molecule has 0 bridgehead atoms. The van der Waals surface area contributed by atoms with E-state index in [-0.39, 0.29) is 17.4 Å². The molecule has 0 unspecified atom stereocenters. The predicted molar refractivity (Wildman–Crippen MR) is 61.9 cm³/mol. The van der Waals surface area contributed by atoms with E-state index >= 15 is 0 Å². The highest BCUT2D eigenvalue weighted by atomic mass is 35.5. The van der Waals surface area contributed by atoms with E-state index in [2.05, 4.69) is 5.32 Å². The fourth-order valence-corrected chi connectivity index (χ4v) is 1.20. The molecule has 2 N–H and O–H groups in total. The molecule has 16 heavy (non-hydrogen) atoms. The summed E-state index contributed by atoms with van der Waals surface area (Å²) in [6.45, 7) is 3.48. The Balaban J connectivity index is 2.99. The van der Waals surface area contributed by atoms with Gasteiger partial charge in [-0.25, -0.2) is 4.79 Å². The van der Waals surface area contributed by atoms with Crippen molar-refractivity contribution in [3.8, 4) is 0 Å². The van der Waals surface area contributed by atoms with Gasteiger partial charge in [-0.3, -0.25) is 4.79 Å². The topological polar surface area (TPSA) is 66.4 Å². The zero-order chi connectivity index (χ0) is 12.3. The number of anilines is 1. The van der Waals surface area contributed by atoms with Gasteiger partial charge in [-0.15, -0.1) is 0 Å². The van der Waals surface area contributed by atoms with Crippen LogP contribution in [-0.4, -0.2) is 17.0 Å². The van der Waals surface area contributed by atoms with Crippen molar-refractivity contribution >= 4 is 29.2 Å². The van der Waals surface area contributed by atoms with Gasteiger partial charge in [0.15, 0.2) is 0 Å². The van der Waals surface area contributed by atoms with Crippen LogP contribution in [0.1, 0.15) is 24.2 Å². The average molecular weight is 242 g/mol. The fraction of sp³-hybridized carbons (Fsp3) is 0.273. The number of nitrogens with one attached hydrogen (secondary N) is 1. The average Bonchev–Trinajstić information content (AvgIpc) is 2.20. The molecule has 0 fully saturated rings. The number of benzene rings is 1. The first-order valence-corrected chi connectivity index (χ1v) is 5.13. The molecule has 0 saturated carbocycles. The maximum Gasteiger partial charge on any atom is 0.335 e. The number of hydrogen-bond acceptors (Lipinski definition) is 2. The molecule has 1 aromatic carbocycles. The minimum atomic E-state index is -1.06. The molecule has 0 spiro atoms. The van der Waals surface area contributed by atoms with Crippen molar-refractivity contribution in [3.05, 3.63) is 28.8 Å². The molecule has 86 valence electrons. The minimum absolute atomic E-state index is 0.0865. The van der Waals surface area contributed by atoms with Gasteiger partial charge < -0.3 is 10.4 Å². The normalized spacial score (nSPS) is 10.2. The molecule has 0 aliphatic carbocycles. The molecule has 0 atom stereocenters. The van der Waals surface area contributed by atoms with Gasteiger partial charge in [0.25, 0.3) is 0 Å². The smallest absolute Gasteiger partial charge is 0.335 e. The van der Waals surface area contributed by atoms with Crippen LogP contribution in [-0.2, 0) is 4.79 Å². The summed E-state index contributed by atoms with van der Waals surface area (Å²) in [5.41, 5.74) is 0.406. The zero-order valence-corrected chi connectivity index (χ0v) is 9.71. The number of carbonyl (C=O) groups excluding carboxylic acids is 1. The molecule has 0 aliphatic heterocycles. The molecule has 4 nitrogen and oxygen atoms in total. The van der Waals surface area contributed by atoms with Crippen LogP contribution in [0.15, 0.2) is 18.2 Å². The number of carbonyl (C=O) groups is 2. The first kappa shape index (κ1) is 12.5. The van der Waals surface area contributed by atoms with Crippen molar-refractivity contribution < 1.29 is 14.7 Å². The van der Waals surface area contributed by atoms with Crippen LogP contribution in [0.5, 0.6) is 0 Å². The van der Waals surface area contributed by atoms with Gasteiger partial charge in [0.05, 0.1) is 16.3 Å². The predicted octanol–water partition coefficient (Wildman–Crippen LogP) is 2.63. The lowest BCUT2D eigenvalue weighted by molar-refractivity contribution is -0.118. The van der Waals surface area contributed by atoms with E-state index < -0.39 is 5.97 Å². The lowest BCUT2D eigenvalue weighted by Crippen LogP contribution is -2.18. The maximum atomic E-state index is 11.4. The third kappa shape index (κ3) is 2.97. The van der Waals surface area contributed by atoms with E-state index in [4.69, 9.17) is 16.7 Å². The monoisotopic (exact) mass is 241 g/mol. The van der Waals surface area contributed by atoms with Crippen molar-refractivity contribution in [1.29, 1.82) is 0 Å². The van der Waals surface area contributed by atoms with Gasteiger partial charge in [-0.05, 0) is 18.2 Å². The van der Waals surface area contributed by atoms with E-state index in [1.807, 2.05) is 0 Å². The van der Waals surface area contributed by atoms with Crippen molar-refractivity contribution in [2.75, 3.05) is 5.32 Å². The molecule has 0 aromatic heterocycles. The summed E-state index contributed by atoms with van der Waals surface area (Å²) < 4.78 is 0.